The van der Waals surface area contributed by atoms with Gasteiger partial charge in [0.1, 0.15) is 0 Å². The van der Waals surface area contributed by atoms with Crippen molar-refractivity contribution in [1.29, 1.82) is 0 Å². The molecule has 0 saturated carbocycles. The van der Waals surface area contributed by atoms with Crippen molar-refractivity contribution < 1.29 is 0 Å². The van der Waals surface area contributed by atoms with Gasteiger partial charge in [0.2, 0.25) is 0 Å². The smallest absolute Gasteiger partial charge is 0.0757 e. The van der Waals surface area contributed by atoms with Crippen molar-refractivity contribution in [2.24, 2.45) is 0 Å². The Balaban J connectivity index is 2.18. The highest BCUT2D eigenvalue weighted by molar-refractivity contribution is 5.85. The van der Waals surface area contributed by atoms with E-state index in [0.29, 0.717) is 0 Å². The number of nitrogens with one attached hydrogen (secondary N) is 1. The second-order valence-corrected chi connectivity index (χ2v) is 5.38. The van der Waals surface area contributed by atoms with Crippen molar-refractivity contribution >= 4 is 10.8 Å². The largest absolute Gasteiger partial charge is 0.308 e. The van der Waals surface area contributed by atoms with Gasteiger partial charge in [-0.2, -0.15) is 0 Å². The molecule has 0 spiro atoms. The van der Waals surface area contributed by atoms with E-state index in [4.69, 9.17) is 0 Å². The molecule has 3 nitrogen and oxygen atoms in total. The van der Waals surface area contributed by atoms with Crippen LogP contribution in [0.15, 0.2) is 48.9 Å². The van der Waals surface area contributed by atoms with Crippen molar-refractivity contribution in [3.05, 3.63) is 71.3 Å². The van der Waals surface area contributed by atoms with Crippen molar-refractivity contribution in [2.45, 2.75) is 19.9 Å². The molecule has 1 N–H and O–H groups in total. The van der Waals surface area contributed by atoms with Crippen molar-refractivity contribution in [2.75, 3.05) is 7.05 Å². The van der Waals surface area contributed by atoms with E-state index in [9.17, 15) is 0 Å². The molecule has 0 radical (unpaired) electrons. The summed E-state index contributed by atoms with van der Waals surface area (Å²) < 4.78 is 0. The van der Waals surface area contributed by atoms with Crippen LogP contribution >= 0.6 is 0 Å². The number of aryl methyl sites for hydroxylation is 2. The number of hydrogen-bond acceptors (Lipinski definition) is 3. The first-order valence-electron chi connectivity index (χ1n) is 7.13. The molecule has 3 aromatic rings. The Kier molecular flexibility index (Phi) is 3.67. The van der Waals surface area contributed by atoms with Crippen LogP contribution in [0.1, 0.15) is 28.4 Å². The van der Waals surface area contributed by atoms with Crippen molar-refractivity contribution in [3.8, 4) is 0 Å². The second kappa shape index (κ2) is 5.62. The predicted octanol–water partition coefficient (Wildman–Crippen LogP) is 3.56. The Bertz CT molecular complexity index is 775. The SMILES string of the molecule is CNC(c1ncc(C)cc1C)c1cccc2cnccc12. The quantitative estimate of drug-likeness (QED) is 0.795. The van der Waals surface area contributed by atoms with Crippen LogP contribution in [0.4, 0.5) is 0 Å². The van der Waals surface area contributed by atoms with E-state index in [2.05, 4.69) is 59.5 Å². The summed E-state index contributed by atoms with van der Waals surface area (Å²) in [5, 5.41) is 5.77. The van der Waals surface area contributed by atoms with Crippen LogP contribution in [0.25, 0.3) is 10.8 Å². The molecule has 3 rings (SSSR count). The maximum Gasteiger partial charge on any atom is 0.0757 e. The average molecular weight is 277 g/mol. The third-order valence-electron chi connectivity index (χ3n) is 3.84. The standard InChI is InChI=1S/C18H19N3/c1-12-9-13(2)17(21-10-12)18(19-3)16-6-4-5-14-11-20-8-7-15(14)16/h4-11,18-19H,1-3H3. The molecule has 0 aliphatic heterocycles. The lowest BCUT2D eigenvalue weighted by molar-refractivity contribution is 0.670. The van der Waals surface area contributed by atoms with E-state index in [1.165, 1.54) is 22.1 Å². The maximum atomic E-state index is 4.65. The van der Waals surface area contributed by atoms with Gasteiger partial charge in [-0.05, 0) is 49.0 Å². The molecule has 1 aromatic carbocycles. The molecule has 106 valence electrons. The normalized spacial score (nSPS) is 12.5. The molecule has 21 heavy (non-hydrogen) atoms. The number of hydrogen-bond donors (Lipinski definition) is 1. The fourth-order valence-electron chi connectivity index (χ4n) is 2.87. The summed E-state index contributed by atoms with van der Waals surface area (Å²) in [5.41, 5.74) is 4.71. The Morgan fingerprint density at radius 2 is 1.95 bits per heavy atom. The number of nitrogens with zero attached hydrogens (tertiary/aromatic N) is 2. The fourth-order valence-corrected chi connectivity index (χ4v) is 2.87. The monoisotopic (exact) mass is 277 g/mol. The molecule has 0 aliphatic rings. The summed E-state index contributed by atoms with van der Waals surface area (Å²) >= 11 is 0. The fraction of sp³-hybridized carbons (Fsp3) is 0.222. The molecule has 0 bridgehead atoms. The second-order valence-electron chi connectivity index (χ2n) is 5.38. The lowest BCUT2D eigenvalue weighted by atomic mass is 9.95. The zero-order valence-electron chi connectivity index (χ0n) is 12.6. The van der Waals surface area contributed by atoms with E-state index in [1.807, 2.05) is 25.6 Å². The highest BCUT2D eigenvalue weighted by Crippen LogP contribution is 2.29. The molecule has 2 heterocycles. The minimum atomic E-state index is 0.0803. The molecule has 3 heteroatoms. The van der Waals surface area contributed by atoms with E-state index in [1.54, 1.807) is 0 Å². The van der Waals surface area contributed by atoms with Crippen molar-refractivity contribution in [1.82, 2.24) is 15.3 Å². The van der Waals surface area contributed by atoms with Gasteiger partial charge in [0, 0.05) is 24.0 Å². The lowest BCUT2D eigenvalue weighted by Gasteiger charge is -2.20. The van der Waals surface area contributed by atoms with Gasteiger partial charge in [-0.25, -0.2) is 0 Å². The summed E-state index contributed by atoms with van der Waals surface area (Å²) in [5.74, 6) is 0. The van der Waals surface area contributed by atoms with Crippen LogP contribution in [0.3, 0.4) is 0 Å². The summed E-state index contributed by atoms with van der Waals surface area (Å²) in [6, 6.07) is 10.7. The number of rotatable bonds is 3. The van der Waals surface area contributed by atoms with Gasteiger partial charge >= 0.3 is 0 Å². The molecule has 2 aromatic heterocycles. The number of benzene rings is 1. The van der Waals surface area contributed by atoms with E-state index < -0.39 is 0 Å². The first kappa shape index (κ1) is 13.7. The first-order chi connectivity index (χ1) is 10.2. The van der Waals surface area contributed by atoms with Crippen LogP contribution < -0.4 is 5.32 Å². The zero-order valence-corrected chi connectivity index (χ0v) is 12.6. The first-order valence-corrected chi connectivity index (χ1v) is 7.13. The summed E-state index contributed by atoms with van der Waals surface area (Å²) in [6.45, 7) is 4.19. The molecule has 1 atom stereocenters. The molecule has 0 aliphatic carbocycles. The Labute approximate surface area is 125 Å². The number of pyridine rings is 2. The third kappa shape index (κ3) is 2.52. The third-order valence-corrected chi connectivity index (χ3v) is 3.84. The summed E-state index contributed by atoms with van der Waals surface area (Å²) in [6.07, 6.45) is 5.67. The summed E-state index contributed by atoms with van der Waals surface area (Å²) in [7, 11) is 1.98. The van der Waals surface area contributed by atoms with Gasteiger partial charge in [-0.1, -0.05) is 24.3 Å². The minimum Gasteiger partial charge on any atom is -0.308 e. The highest BCUT2D eigenvalue weighted by Gasteiger charge is 2.18. The van der Waals surface area contributed by atoms with Gasteiger partial charge in [-0.15, -0.1) is 0 Å². The molecular weight excluding hydrogens is 258 g/mol. The summed E-state index contributed by atoms with van der Waals surface area (Å²) in [4.78, 5) is 8.86. The maximum absolute atomic E-state index is 4.65. The van der Waals surface area contributed by atoms with Gasteiger partial charge in [0.25, 0.3) is 0 Å². The van der Waals surface area contributed by atoms with E-state index >= 15 is 0 Å². The van der Waals surface area contributed by atoms with Crippen LogP contribution in [0, 0.1) is 13.8 Å². The zero-order chi connectivity index (χ0) is 14.8. The topological polar surface area (TPSA) is 37.8 Å². The molecule has 0 fully saturated rings. The van der Waals surface area contributed by atoms with E-state index in [-0.39, 0.29) is 6.04 Å². The highest BCUT2D eigenvalue weighted by atomic mass is 14.9. The van der Waals surface area contributed by atoms with Crippen LogP contribution in [-0.4, -0.2) is 17.0 Å². The van der Waals surface area contributed by atoms with E-state index in [0.717, 1.165) is 11.1 Å². The van der Waals surface area contributed by atoms with Gasteiger partial charge < -0.3 is 5.32 Å². The Hall–Kier alpha value is -2.26. The number of aromatic nitrogens is 2. The van der Waals surface area contributed by atoms with Crippen LogP contribution in [-0.2, 0) is 0 Å². The van der Waals surface area contributed by atoms with Gasteiger partial charge in [-0.3, -0.25) is 9.97 Å². The lowest BCUT2D eigenvalue weighted by Crippen LogP contribution is -2.20. The number of fused-ring (bicyclic) bond motifs is 1. The molecule has 0 saturated heterocycles. The molecule has 0 amide bonds. The molecular formula is C18H19N3. The van der Waals surface area contributed by atoms with Crippen LogP contribution in [0.5, 0.6) is 0 Å². The van der Waals surface area contributed by atoms with Crippen LogP contribution in [0.2, 0.25) is 0 Å². The Morgan fingerprint density at radius 3 is 2.71 bits per heavy atom. The molecule has 1 unspecified atom stereocenters. The Morgan fingerprint density at radius 1 is 1.10 bits per heavy atom. The van der Waals surface area contributed by atoms with Crippen molar-refractivity contribution in [3.63, 3.8) is 0 Å². The average Bonchev–Trinajstić information content (AvgIpc) is 2.50. The minimum absolute atomic E-state index is 0.0803. The predicted molar refractivity (Wildman–Crippen MR) is 86.4 cm³/mol. The van der Waals surface area contributed by atoms with Gasteiger partial charge in [0.05, 0.1) is 11.7 Å². The van der Waals surface area contributed by atoms with Gasteiger partial charge in [0.15, 0.2) is 0 Å².